The Morgan fingerprint density at radius 2 is 1.56 bits per heavy atom. The Morgan fingerprint density at radius 1 is 1.00 bits per heavy atom. The molecular formula is C24H29N3O5. The number of amides is 2. The normalized spacial score (nSPS) is 14.2. The van der Waals surface area contributed by atoms with E-state index >= 15 is 0 Å². The standard InChI is InChI=1S/C24H29N3O5/c1-15(22(28)26-21(23(29)30)12-13-27(2)3)25-24(31)32-14-20-18-10-6-4-8-16(18)17-9-5-7-11-19(17)20/h4-11,15,20-21H,12-14H2,1-3H3,(H,25,31)(H,26,28)(H,29,30)/t15-,21?/m1/s1. The van der Waals surface area contributed by atoms with Crippen molar-refractivity contribution in [1.82, 2.24) is 15.5 Å². The van der Waals surface area contributed by atoms with E-state index in [1.54, 1.807) is 0 Å². The largest absolute Gasteiger partial charge is 0.480 e. The van der Waals surface area contributed by atoms with Crippen LogP contribution in [0.1, 0.15) is 30.4 Å². The zero-order chi connectivity index (χ0) is 23.3. The number of carbonyl (C=O) groups excluding carboxylic acids is 2. The molecule has 1 aliphatic rings. The lowest BCUT2D eigenvalue weighted by Crippen LogP contribution is -2.51. The number of nitrogens with zero attached hydrogens (tertiary/aromatic N) is 1. The average Bonchev–Trinajstić information content (AvgIpc) is 3.08. The molecule has 2 amide bonds. The van der Waals surface area contributed by atoms with Crippen LogP contribution in [0.25, 0.3) is 11.1 Å². The first-order valence-electron chi connectivity index (χ1n) is 10.6. The number of hydrogen-bond donors (Lipinski definition) is 3. The zero-order valence-corrected chi connectivity index (χ0v) is 18.5. The van der Waals surface area contributed by atoms with Gasteiger partial charge < -0.3 is 25.4 Å². The molecule has 2 aromatic rings. The van der Waals surface area contributed by atoms with Crippen LogP contribution in [0.2, 0.25) is 0 Å². The number of nitrogens with one attached hydrogen (secondary N) is 2. The molecule has 8 nitrogen and oxygen atoms in total. The van der Waals surface area contributed by atoms with Gasteiger partial charge in [-0.05, 0) is 49.7 Å². The van der Waals surface area contributed by atoms with Crippen LogP contribution in [0, 0.1) is 0 Å². The van der Waals surface area contributed by atoms with E-state index in [-0.39, 0.29) is 18.9 Å². The number of carboxylic acid groups (broad SMARTS) is 1. The quantitative estimate of drug-likeness (QED) is 0.554. The molecule has 1 aliphatic carbocycles. The molecule has 8 heteroatoms. The van der Waals surface area contributed by atoms with E-state index in [2.05, 4.69) is 22.8 Å². The molecule has 3 N–H and O–H groups in total. The van der Waals surface area contributed by atoms with E-state index in [1.807, 2.05) is 55.4 Å². The minimum absolute atomic E-state index is 0.0836. The Morgan fingerprint density at radius 3 is 2.09 bits per heavy atom. The summed E-state index contributed by atoms with van der Waals surface area (Å²) in [5.74, 6) is -1.78. The van der Waals surface area contributed by atoms with Gasteiger partial charge in [0.1, 0.15) is 18.7 Å². The second kappa shape index (κ2) is 10.3. The van der Waals surface area contributed by atoms with Crippen LogP contribution in [0.15, 0.2) is 48.5 Å². The maximum Gasteiger partial charge on any atom is 0.407 e. The molecule has 0 fully saturated rings. The van der Waals surface area contributed by atoms with Gasteiger partial charge in [0.15, 0.2) is 0 Å². The summed E-state index contributed by atoms with van der Waals surface area (Å²) in [6, 6.07) is 14.1. The highest BCUT2D eigenvalue weighted by Crippen LogP contribution is 2.44. The number of benzene rings is 2. The number of alkyl carbamates (subject to hydrolysis) is 1. The summed E-state index contributed by atoms with van der Waals surface area (Å²) in [6.45, 7) is 2.13. The Kier molecular flexibility index (Phi) is 7.48. The Bertz CT molecular complexity index is 946. The molecular weight excluding hydrogens is 410 g/mol. The summed E-state index contributed by atoms with van der Waals surface area (Å²) < 4.78 is 5.44. The van der Waals surface area contributed by atoms with Crippen molar-refractivity contribution in [2.24, 2.45) is 0 Å². The first kappa shape index (κ1) is 23.3. The van der Waals surface area contributed by atoms with Crippen LogP contribution >= 0.6 is 0 Å². The van der Waals surface area contributed by atoms with E-state index in [9.17, 15) is 19.5 Å². The summed E-state index contributed by atoms with van der Waals surface area (Å²) in [4.78, 5) is 37.9. The first-order valence-corrected chi connectivity index (χ1v) is 10.6. The van der Waals surface area contributed by atoms with Crippen molar-refractivity contribution in [2.45, 2.75) is 31.3 Å². The Balaban J connectivity index is 1.56. The predicted molar refractivity (Wildman–Crippen MR) is 120 cm³/mol. The van der Waals surface area contributed by atoms with Crippen LogP contribution in [0.5, 0.6) is 0 Å². The van der Waals surface area contributed by atoms with Crippen LogP contribution in [-0.4, -0.2) is 67.3 Å². The molecule has 0 saturated carbocycles. The van der Waals surface area contributed by atoms with Gasteiger partial charge in [-0.25, -0.2) is 9.59 Å². The SMILES string of the molecule is C[C@@H](NC(=O)OCC1c2ccccc2-c2ccccc21)C(=O)NC(CCN(C)C)C(=O)O. The van der Waals surface area contributed by atoms with Gasteiger partial charge in [-0.2, -0.15) is 0 Å². The summed E-state index contributed by atoms with van der Waals surface area (Å²) in [5.41, 5.74) is 4.44. The number of carbonyl (C=O) groups is 3. The monoisotopic (exact) mass is 439 g/mol. The van der Waals surface area contributed by atoms with Crippen molar-refractivity contribution < 1.29 is 24.2 Å². The van der Waals surface area contributed by atoms with Crippen molar-refractivity contribution in [2.75, 3.05) is 27.2 Å². The van der Waals surface area contributed by atoms with Gasteiger partial charge in [0, 0.05) is 12.5 Å². The molecule has 0 spiro atoms. The number of carboxylic acids is 1. The molecule has 1 unspecified atom stereocenters. The third-order valence-corrected chi connectivity index (χ3v) is 5.55. The molecule has 170 valence electrons. The molecule has 2 aromatic carbocycles. The van der Waals surface area contributed by atoms with E-state index in [1.165, 1.54) is 6.92 Å². The van der Waals surface area contributed by atoms with Crippen LogP contribution in [0.4, 0.5) is 4.79 Å². The minimum atomic E-state index is -1.12. The molecule has 3 rings (SSSR count). The second-order valence-electron chi connectivity index (χ2n) is 8.18. The summed E-state index contributed by atoms with van der Waals surface area (Å²) in [6.07, 6.45) is -0.471. The highest BCUT2D eigenvalue weighted by atomic mass is 16.5. The zero-order valence-electron chi connectivity index (χ0n) is 18.5. The molecule has 0 aliphatic heterocycles. The highest BCUT2D eigenvalue weighted by molar-refractivity contribution is 5.89. The number of rotatable bonds is 9. The van der Waals surface area contributed by atoms with Gasteiger partial charge in [0.25, 0.3) is 0 Å². The van der Waals surface area contributed by atoms with Gasteiger partial charge in [-0.15, -0.1) is 0 Å². The average molecular weight is 440 g/mol. The van der Waals surface area contributed by atoms with Gasteiger partial charge in [-0.1, -0.05) is 48.5 Å². The molecule has 0 aromatic heterocycles. The fourth-order valence-electron chi connectivity index (χ4n) is 3.82. The third kappa shape index (κ3) is 5.45. The van der Waals surface area contributed by atoms with E-state index < -0.39 is 30.1 Å². The topological polar surface area (TPSA) is 108 Å². The fraction of sp³-hybridized carbons (Fsp3) is 0.375. The second-order valence-corrected chi connectivity index (χ2v) is 8.18. The summed E-state index contributed by atoms with van der Waals surface area (Å²) in [7, 11) is 3.64. The van der Waals surface area contributed by atoms with Crippen molar-refractivity contribution in [3.05, 3.63) is 59.7 Å². The lowest BCUT2D eigenvalue weighted by Gasteiger charge is -2.20. The van der Waals surface area contributed by atoms with E-state index in [4.69, 9.17) is 4.74 Å². The number of aliphatic carboxylic acids is 1. The number of hydrogen-bond acceptors (Lipinski definition) is 5. The van der Waals surface area contributed by atoms with Crippen molar-refractivity contribution in [3.8, 4) is 11.1 Å². The van der Waals surface area contributed by atoms with Crippen LogP contribution in [-0.2, 0) is 14.3 Å². The molecule has 0 bridgehead atoms. The lowest BCUT2D eigenvalue weighted by molar-refractivity contribution is -0.142. The highest BCUT2D eigenvalue weighted by Gasteiger charge is 2.29. The van der Waals surface area contributed by atoms with Gasteiger partial charge >= 0.3 is 12.1 Å². The predicted octanol–water partition coefficient (Wildman–Crippen LogP) is 2.43. The van der Waals surface area contributed by atoms with Gasteiger partial charge in [0.2, 0.25) is 5.91 Å². The first-order chi connectivity index (χ1) is 15.3. The van der Waals surface area contributed by atoms with E-state index in [0.29, 0.717) is 6.54 Å². The van der Waals surface area contributed by atoms with Crippen molar-refractivity contribution in [3.63, 3.8) is 0 Å². The van der Waals surface area contributed by atoms with Gasteiger partial charge in [0.05, 0.1) is 0 Å². The van der Waals surface area contributed by atoms with Crippen LogP contribution in [0.3, 0.4) is 0 Å². The number of ether oxygens (including phenoxy) is 1. The lowest BCUT2D eigenvalue weighted by atomic mass is 9.98. The van der Waals surface area contributed by atoms with Crippen molar-refractivity contribution >= 4 is 18.0 Å². The smallest absolute Gasteiger partial charge is 0.407 e. The molecule has 0 radical (unpaired) electrons. The molecule has 0 heterocycles. The summed E-state index contributed by atoms with van der Waals surface area (Å²) >= 11 is 0. The summed E-state index contributed by atoms with van der Waals surface area (Å²) in [5, 5.41) is 14.3. The molecule has 32 heavy (non-hydrogen) atoms. The third-order valence-electron chi connectivity index (χ3n) is 5.55. The minimum Gasteiger partial charge on any atom is -0.480 e. The molecule has 2 atom stereocenters. The Labute approximate surface area is 187 Å². The fourth-order valence-corrected chi connectivity index (χ4v) is 3.82. The maximum absolute atomic E-state index is 12.4. The van der Waals surface area contributed by atoms with Gasteiger partial charge in [-0.3, -0.25) is 4.79 Å². The van der Waals surface area contributed by atoms with E-state index in [0.717, 1.165) is 22.3 Å². The number of fused-ring (bicyclic) bond motifs is 3. The maximum atomic E-state index is 12.4. The van der Waals surface area contributed by atoms with Crippen molar-refractivity contribution in [1.29, 1.82) is 0 Å². The Hall–Kier alpha value is -3.39. The molecule has 0 saturated heterocycles. The van der Waals surface area contributed by atoms with Crippen LogP contribution < -0.4 is 10.6 Å².